The van der Waals surface area contributed by atoms with E-state index in [2.05, 4.69) is 26.6 Å². The van der Waals surface area contributed by atoms with Crippen LogP contribution in [0.4, 0.5) is 24.5 Å². The minimum absolute atomic E-state index is 0.0345. The smallest absolute Gasteiger partial charge is 0.416 e. The molecular weight excluding hydrogens is 481 g/mol. The van der Waals surface area contributed by atoms with Gasteiger partial charge in [-0.3, -0.25) is 14.4 Å². The number of aryl methyl sites for hydroxylation is 2. The number of benzene rings is 2. The first-order valence-corrected chi connectivity index (χ1v) is 9.94. The van der Waals surface area contributed by atoms with E-state index >= 15 is 0 Å². The minimum atomic E-state index is -4.53. The molecular formula is C21H20BrF3N2O4. The fourth-order valence-electron chi connectivity index (χ4n) is 2.53. The maximum atomic E-state index is 12.7. The maximum Gasteiger partial charge on any atom is 0.416 e. The number of esters is 1. The van der Waals surface area contributed by atoms with Crippen molar-refractivity contribution in [2.24, 2.45) is 0 Å². The van der Waals surface area contributed by atoms with Crippen molar-refractivity contribution in [1.82, 2.24) is 0 Å². The number of alkyl halides is 3. The molecule has 2 amide bonds. The number of carbonyl (C=O) groups is 3. The highest BCUT2D eigenvalue weighted by Crippen LogP contribution is 2.30. The molecule has 6 nitrogen and oxygen atoms in total. The lowest BCUT2D eigenvalue weighted by molar-refractivity contribution is -0.147. The van der Waals surface area contributed by atoms with E-state index in [9.17, 15) is 27.6 Å². The maximum absolute atomic E-state index is 12.7. The molecule has 0 spiro atoms. The number of rotatable bonds is 7. The zero-order valence-corrected chi connectivity index (χ0v) is 18.3. The normalized spacial score (nSPS) is 11.0. The summed E-state index contributed by atoms with van der Waals surface area (Å²) in [4.78, 5) is 35.6. The van der Waals surface area contributed by atoms with Crippen LogP contribution in [0.2, 0.25) is 0 Å². The molecule has 2 aromatic carbocycles. The Labute approximate surface area is 185 Å². The Morgan fingerprint density at radius 2 is 1.68 bits per heavy atom. The van der Waals surface area contributed by atoms with Crippen LogP contribution in [0.25, 0.3) is 0 Å². The van der Waals surface area contributed by atoms with E-state index < -0.39 is 36.1 Å². The van der Waals surface area contributed by atoms with Crippen molar-refractivity contribution in [2.45, 2.75) is 32.9 Å². The lowest BCUT2D eigenvalue weighted by atomic mass is 10.1. The van der Waals surface area contributed by atoms with Gasteiger partial charge in [-0.05, 0) is 55.3 Å². The molecule has 0 aliphatic rings. The van der Waals surface area contributed by atoms with E-state index in [-0.39, 0.29) is 18.5 Å². The summed E-state index contributed by atoms with van der Waals surface area (Å²) in [5, 5.41) is 4.93. The molecule has 2 N–H and O–H groups in total. The predicted molar refractivity (Wildman–Crippen MR) is 113 cm³/mol. The van der Waals surface area contributed by atoms with E-state index in [1.54, 1.807) is 6.07 Å². The van der Waals surface area contributed by atoms with E-state index in [0.29, 0.717) is 5.69 Å². The number of carbonyl (C=O) groups excluding carboxylic acids is 3. The average molecular weight is 501 g/mol. The highest BCUT2D eigenvalue weighted by Gasteiger charge is 2.30. The summed E-state index contributed by atoms with van der Waals surface area (Å²) in [7, 11) is 0. The van der Waals surface area contributed by atoms with Crippen molar-refractivity contribution in [3.63, 3.8) is 0 Å². The van der Waals surface area contributed by atoms with Crippen LogP contribution in [0.3, 0.4) is 0 Å². The number of ether oxygens (including phenoxy) is 1. The quantitative estimate of drug-likeness (QED) is 0.524. The van der Waals surface area contributed by atoms with Crippen LogP contribution >= 0.6 is 15.9 Å². The van der Waals surface area contributed by atoms with Gasteiger partial charge < -0.3 is 15.4 Å². The minimum Gasteiger partial charge on any atom is -0.456 e. The monoisotopic (exact) mass is 500 g/mol. The van der Waals surface area contributed by atoms with Gasteiger partial charge in [-0.2, -0.15) is 13.2 Å². The molecule has 0 aliphatic carbocycles. The second-order valence-electron chi connectivity index (χ2n) is 6.75. The molecule has 2 aromatic rings. The molecule has 0 aromatic heterocycles. The third-order valence-electron chi connectivity index (χ3n) is 4.17. The van der Waals surface area contributed by atoms with Gasteiger partial charge in [0.15, 0.2) is 6.61 Å². The lowest BCUT2D eigenvalue weighted by Crippen LogP contribution is -2.22. The molecule has 0 radical (unpaired) electrons. The Morgan fingerprint density at radius 1 is 0.968 bits per heavy atom. The van der Waals surface area contributed by atoms with Gasteiger partial charge >= 0.3 is 12.1 Å². The first kappa shape index (κ1) is 24.4. The van der Waals surface area contributed by atoms with Crippen LogP contribution in [-0.2, 0) is 25.3 Å². The molecule has 0 unspecified atom stereocenters. The molecule has 0 atom stereocenters. The van der Waals surface area contributed by atoms with E-state index in [1.165, 1.54) is 12.1 Å². The van der Waals surface area contributed by atoms with Gasteiger partial charge in [0.2, 0.25) is 5.91 Å². The first-order valence-electron chi connectivity index (χ1n) is 9.15. The summed E-state index contributed by atoms with van der Waals surface area (Å²) in [5.74, 6) is -1.97. The SMILES string of the molecule is Cc1cc(NC(=O)COC(=O)CCC(=O)Nc2cccc(C(F)(F)F)c2)c(C)cc1Br. The summed E-state index contributed by atoms with van der Waals surface area (Å²) >= 11 is 3.39. The number of halogens is 4. The third kappa shape index (κ3) is 7.71. The number of nitrogens with one attached hydrogen (secondary N) is 2. The van der Waals surface area contributed by atoms with Crippen molar-refractivity contribution in [2.75, 3.05) is 17.2 Å². The molecule has 0 aliphatic heterocycles. The van der Waals surface area contributed by atoms with Crippen LogP contribution in [-0.4, -0.2) is 24.4 Å². The summed E-state index contributed by atoms with van der Waals surface area (Å²) in [6.45, 7) is 3.15. The fourth-order valence-corrected chi connectivity index (χ4v) is 2.99. The summed E-state index contributed by atoms with van der Waals surface area (Å²) < 4.78 is 43.8. The van der Waals surface area contributed by atoms with Crippen molar-refractivity contribution < 1.29 is 32.3 Å². The topological polar surface area (TPSA) is 84.5 Å². The molecule has 0 heterocycles. The van der Waals surface area contributed by atoms with Gasteiger partial charge in [0.05, 0.1) is 12.0 Å². The fraction of sp³-hybridized carbons (Fsp3) is 0.286. The molecule has 0 saturated carbocycles. The van der Waals surface area contributed by atoms with Crippen LogP contribution in [0.5, 0.6) is 0 Å². The average Bonchev–Trinajstić information content (AvgIpc) is 2.68. The van der Waals surface area contributed by atoms with Crippen molar-refractivity contribution in [3.8, 4) is 0 Å². The number of hydrogen-bond acceptors (Lipinski definition) is 4. The van der Waals surface area contributed by atoms with Gasteiger partial charge in [-0.25, -0.2) is 0 Å². The van der Waals surface area contributed by atoms with Crippen LogP contribution < -0.4 is 10.6 Å². The van der Waals surface area contributed by atoms with Crippen LogP contribution in [0, 0.1) is 13.8 Å². The third-order valence-corrected chi connectivity index (χ3v) is 5.03. The zero-order chi connectivity index (χ0) is 23.2. The molecule has 10 heteroatoms. The summed E-state index contributed by atoms with van der Waals surface area (Å²) in [6, 6.07) is 7.78. The molecule has 2 rings (SSSR count). The second kappa shape index (κ2) is 10.4. The second-order valence-corrected chi connectivity index (χ2v) is 7.61. The number of amides is 2. The van der Waals surface area contributed by atoms with Crippen LogP contribution in [0.1, 0.15) is 29.5 Å². The van der Waals surface area contributed by atoms with Gasteiger partial charge in [0.25, 0.3) is 5.91 Å². The molecule has 166 valence electrons. The molecule has 0 fully saturated rings. The van der Waals surface area contributed by atoms with E-state index in [0.717, 1.165) is 27.7 Å². The first-order chi connectivity index (χ1) is 14.5. The highest BCUT2D eigenvalue weighted by atomic mass is 79.9. The van der Waals surface area contributed by atoms with Gasteiger partial charge in [0, 0.05) is 22.3 Å². The standard InChI is InChI=1S/C21H20BrF3N2O4/c1-12-9-17(13(2)8-16(12)22)27-19(29)11-31-20(30)7-6-18(28)26-15-5-3-4-14(10-15)21(23,24)25/h3-5,8-10H,6-7,11H2,1-2H3,(H,26,28)(H,27,29). The molecule has 31 heavy (non-hydrogen) atoms. The number of hydrogen-bond donors (Lipinski definition) is 2. The Hall–Kier alpha value is -2.88. The molecule has 0 saturated heterocycles. The zero-order valence-electron chi connectivity index (χ0n) is 16.7. The van der Waals surface area contributed by atoms with E-state index in [4.69, 9.17) is 4.74 Å². The Morgan fingerprint density at radius 3 is 2.35 bits per heavy atom. The molecule has 0 bridgehead atoms. The summed E-state index contributed by atoms with van der Waals surface area (Å²) in [6.07, 6.45) is -5.16. The Balaban J connectivity index is 1.77. The lowest BCUT2D eigenvalue weighted by Gasteiger charge is -2.11. The Kier molecular flexibility index (Phi) is 8.21. The van der Waals surface area contributed by atoms with Crippen molar-refractivity contribution in [1.29, 1.82) is 0 Å². The van der Waals surface area contributed by atoms with Gasteiger partial charge in [-0.15, -0.1) is 0 Å². The largest absolute Gasteiger partial charge is 0.456 e. The van der Waals surface area contributed by atoms with Gasteiger partial charge in [0.1, 0.15) is 0 Å². The summed E-state index contributed by atoms with van der Waals surface area (Å²) in [5.41, 5.74) is 1.40. The van der Waals surface area contributed by atoms with Gasteiger partial charge in [-0.1, -0.05) is 22.0 Å². The predicted octanol–water partition coefficient (Wildman–Crippen LogP) is 4.99. The van der Waals surface area contributed by atoms with Crippen molar-refractivity contribution >= 4 is 45.1 Å². The Bertz CT molecular complexity index is 993. The highest BCUT2D eigenvalue weighted by molar-refractivity contribution is 9.10. The number of anilines is 2. The van der Waals surface area contributed by atoms with E-state index in [1.807, 2.05) is 19.9 Å². The van der Waals surface area contributed by atoms with Crippen molar-refractivity contribution in [3.05, 3.63) is 57.6 Å². The van der Waals surface area contributed by atoms with Crippen LogP contribution in [0.15, 0.2) is 40.9 Å².